The van der Waals surface area contributed by atoms with E-state index in [2.05, 4.69) is 25.0 Å². The number of hydrogen-bond acceptors (Lipinski definition) is 11. The van der Waals surface area contributed by atoms with E-state index in [9.17, 15) is 27.2 Å². The summed E-state index contributed by atoms with van der Waals surface area (Å²) in [6.07, 6.45) is -0.385. The standard InChI is InChI=1S/C27H31F4N8O5P/c1-42-22-17(28)7-15(8-18(22)29)19-9-16(20(10-33-19)38-6-4-5-27(32,12-38)23(40)24(30)31)11-39-14-36-21-25(34-13-35-26(21)39)37-45(41,43-2)44-3/h7-10,13-14,23-24,40H,4-6,11-12,32H2,1-3H3,(H,34,35,37,41)/t23-,27+/m1/s1. The maximum Gasteiger partial charge on any atom is 0.433 e. The molecule has 0 bridgehead atoms. The summed E-state index contributed by atoms with van der Waals surface area (Å²) >= 11 is 0. The zero-order valence-corrected chi connectivity index (χ0v) is 25.3. The number of nitrogens with two attached hydrogens (primary N) is 1. The Morgan fingerprint density at radius 3 is 2.47 bits per heavy atom. The number of nitrogens with one attached hydrogen (secondary N) is 1. The first kappa shape index (κ1) is 32.5. The normalized spacial score (nSPS) is 18.0. The van der Waals surface area contributed by atoms with Gasteiger partial charge in [0.05, 0.1) is 43.1 Å². The Balaban J connectivity index is 1.59. The van der Waals surface area contributed by atoms with Crippen molar-refractivity contribution in [1.29, 1.82) is 0 Å². The number of aliphatic hydroxyl groups is 1. The van der Waals surface area contributed by atoms with Gasteiger partial charge in [-0.2, -0.15) is 0 Å². The van der Waals surface area contributed by atoms with Crippen LogP contribution in [0.2, 0.25) is 0 Å². The van der Waals surface area contributed by atoms with Gasteiger partial charge in [0, 0.05) is 32.9 Å². The highest BCUT2D eigenvalue weighted by Gasteiger charge is 2.43. The first-order valence-corrected chi connectivity index (χ1v) is 15.1. The number of benzene rings is 1. The minimum absolute atomic E-state index is 0.0661. The largest absolute Gasteiger partial charge is 0.491 e. The van der Waals surface area contributed by atoms with Crippen LogP contribution in [0, 0.1) is 11.6 Å². The van der Waals surface area contributed by atoms with E-state index in [1.807, 2.05) is 0 Å². The fraction of sp³-hybridized carbons (Fsp3) is 0.407. The molecule has 242 valence electrons. The number of imidazole rings is 1. The van der Waals surface area contributed by atoms with E-state index in [1.54, 1.807) is 15.5 Å². The highest BCUT2D eigenvalue weighted by atomic mass is 31.2. The van der Waals surface area contributed by atoms with Gasteiger partial charge in [-0.3, -0.25) is 19.1 Å². The van der Waals surface area contributed by atoms with E-state index < -0.39 is 43.2 Å². The number of fused-ring (bicyclic) bond motifs is 1. The molecule has 1 fully saturated rings. The molecule has 0 spiro atoms. The maximum absolute atomic E-state index is 14.6. The molecule has 1 saturated heterocycles. The molecule has 0 amide bonds. The molecular formula is C27H31F4N8O5P. The summed E-state index contributed by atoms with van der Waals surface area (Å²) in [5, 5.41) is 12.8. The van der Waals surface area contributed by atoms with E-state index in [4.69, 9.17) is 19.5 Å². The molecule has 4 aromatic rings. The van der Waals surface area contributed by atoms with Crippen LogP contribution in [0.15, 0.2) is 37.1 Å². The second-order valence-electron chi connectivity index (χ2n) is 10.5. The molecule has 0 radical (unpaired) electrons. The van der Waals surface area contributed by atoms with Crippen LogP contribution in [0.4, 0.5) is 29.1 Å². The van der Waals surface area contributed by atoms with E-state index >= 15 is 0 Å². The zero-order valence-electron chi connectivity index (χ0n) is 24.5. The van der Waals surface area contributed by atoms with E-state index in [-0.39, 0.29) is 42.1 Å². The second kappa shape index (κ2) is 12.8. The highest BCUT2D eigenvalue weighted by Crippen LogP contribution is 2.46. The maximum atomic E-state index is 14.6. The van der Waals surface area contributed by atoms with Gasteiger partial charge in [0.25, 0.3) is 6.43 Å². The monoisotopic (exact) mass is 654 g/mol. The number of halogens is 4. The van der Waals surface area contributed by atoms with Gasteiger partial charge in [-0.1, -0.05) is 0 Å². The van der Waals surface area contributed by atoms with Crippen LogP contribution in [0.25, 0.3) is 22.4 Å². The van der Waals surface area contributed by atoms with Crippen LogP contribution in [0.5, 0.6) is 5.75 Å². The number of hydrogen-bond donors (Lipinski definition) is 3. The predicted molar refractivity (Wildman–Crippen MR) is 156 cm³/mol. The number of methoxy groups -OCH3 is 1. The first-order valence-electron chi connectivity index (χ1n) is 13.6. The summed E-state index contributed by atoms with van der Waals surface area (Å²) in [5.41, 5.74) is 6.61. The number of anilines is 2. The topological polar surface area (TPSA) is 163 Å². The van der Waals surface area contributed by atoms with Crippen molar-refractivity contribution in [3.8, 4) is 17.0 Å². The van der Waals surface area contributed by atoms with E-state index in [1.165, 1.54) is 33.1 Å². The van der Waals surface area contributed by atoms with Crippen LogP contribution in [-0.2, 0) is 20.2 Å². The van der Waals surface area contributed by atoms with Crippen molar-refractivity contribution in [2.45, 2.75) is 37.5 Å². The molecule has 2 atom stereocenters. The fourth-order valence-electron chi connectivity index (χ4n) is 5.33. The van der Waals surface area contributed by atoms with Gasteiger partial charge in [-0.05, 0) is 36.6 Å². The third-order valence-electron chi connectivity index (χ3n) is 7.65. The number of piperidine rings is 1. The molecule has 3 aromatic heterocycles. The summed E-state index contributed by atoms with van der Waals surface area (Å²) in [4.78, 5) is 18.9. The lowest BCUT2D eigenvalue weighted by molar-refractivity contribution is -0.0529. The molecule has 13 nitrogen and oxygen atoms in total. The number of ether oxygens (including phenoxy) is 1. The average Bonchev–Trinajstić information content (AvgIpc) is 3.43. The molecular weight excluding hydrogens is 623 g/mol. The average molecular weight is 655 g/mol. The Labute approximate surface area is 254 Å². The van der Waals surface area contributed by atoms with Crippen molar-refractivity contribution in [2.75, 3.05) is 44.4 Å². The summed E-state index contributed by atoms with van der Waals surface area (Å²) in [6, 6.07) is 3.77. The molecule has 1 aliphatic heterocycles. The van der Waals surface area contributed by atoms with Crippen molar-refractivity contribution >= 4 is 30.4 Å². The molecule has 5 rings (SSSR count). The third kappa shape index (κ3) is 6.44. The number of aromatic nitrogens is 5. The van der Waals surface area contributed by atoms with Crippen molar-refractivity contribution in [3.63, 3.8) is 0 Å². The SMILES string of the molecule is COc1c(F)cc(-c2cc(Cn3cnc4c(NP(=O)(OC)OC)ncnc43)c(N3CCC[C@@](N)([C@H](O)C(F)F)C3)cn2)cc1F. The Morgan fingerprint density at radius 2 is 1.82 bits per heavy atom. The number of pyridine rings is 1. The molecule has 1 aromatic carbocycles. The summed E-state index contributed by atoms with van der Waals surface area (Å²) < 4.78 is 85.2. The molecule has 0 saturated carbocycles. The molecule has 4 heterocycles. The lowest BCUT2D eigenvalue weighted by Crippen LogP contribution is -2.63. The number of aliphatic hydroxyl groups excluding tert-OH is 1. The van der Waals surface area contributed by atoms with Crippen molar-refractivity contribution in [3.05, 3.63) is 54.2 Å². The van der Waals surface area contributed by atoms with Gasteiger partial charge >= 0.3 is 7.75 Å². The van der Waals surface area contributed by atoms with Gasteiger partial charge < -0.3 is 25.0 Å². The minimum atomic E-state index is -3.73. The van der Waals surface area contributed by atoms with E-state index in [0.29, 0.717) is 29.9 Å². The van der Waals surface area contributed by atoms with Gasteiger partial charge in [0.1, 0.15) is 12.4 Å². The summed E-state index contributed by atoms with van der Waals surface area (Å²) in [6.45, 7) is 0.373. The Hall–Kier alpha value is -3.89. The molecule has 18 heteroatoms. The van der Waals surface area contributed by atoms with Crippen LogP contribution in [0.1, 0.15) is 18.4 Å². The number of alkyl halides is 2. The minimum Gasteiger partial charge on any atom is -0.491 e. The van der Waals surface area contributed by atoms with Crippen LogP contribution >= 0.6 is 7.75 Å². The Bertz CT molecular complexity index is 1720. The van der Waals surface area contributed by atoms with Crippen LogP contribution in [0.3, 0.4) is 0 Å². The molecule has 1 aliphatic rings. The van der Waals surface area contributed by atoms with Crippen LogP contribution < -0.4 is 20.5 Å². The molecule has 0 unspecified atom stereocenters. The van der Waals surface area contributed by atoms with Crippen molar-refractivity contribution in [2.24, 2.45) is 5.73 Å². The molecule has 0 aliphatic carbocycles. The van der Waals surface area contributed by atoms with Crippen LogP contribution in [-0.4, -0.2) is 82.1 Å². The summed E-state index contributed by atoms with van der Waals surface area (Å²) in [5.74, 6) is -2.31. The number of nitrogens with zero attached hydrogens (tertiary/aromatic N) is 6. The summed E-state index contributed by atoms with van der Waals surface area (Å²) in [7, 11) is -0.179. The van der Waals surface area contributed by atoms with Gasteiger partial charge in [0.2, 0.25) is 0 Å². The van der Waals surface area contributed by atoms with Gasteiger partial charge in [-0.15, -0.1) is 0 Å². The predicted octanol–water partition coefficient (Wildman–Crippen LogP) is 3.96. The molecule has 4 N–H and O–H groups in total. The second-order valence-corrected chi connectivity index (χ2v) is 12.4. The quantitative estimate of drug-likeness (QED) is 0.158. The van der Waals surface area contributed by atoms with E-state index in [0.717, 1.165) is 19.2 Å². The van der Waals surface area contributed by atoms with Gasteiger partial charge in [-0.25, -0.2) is 37.1 Å². The Kier molecular flexibility index (Phi) is 9.28. The van der Waals surface area contributed by atoms with Crippen molar-refractivity contribution < 1.29 is 41.0 Å². The zero-order chi connectivity index (χ0) is 32.5. The fourth-order valence-corrected chi connectivity index (χ4v) is 6.08. The Morgan fingerprint density at radius 1 is 1.11 bits per heavy atom. The molecule has 45 heavy (non-hydrogen) atoms. The highest BCUT2D eigenvalue weighted by molar-refractivity contribution is 7.55. The third-order valence-corrected chi connectivity index (χ3v) is 9.10. The smallest absolute Gasteiger partial charge is 0.433 e. The van der Waals surface area contributed by atoms with Crippen molar-refractivity contribution in [1.82, 2.24) is 24.5 Å². The first-order chi connectivity index (χ1) is 21.4. The number of rotatable bonds is 11. The van der Waals surface area contributed by atoms with Gasteiger partial charge in [0.15, 0.2) is 34.4 Å². The lowest BCUT2D eigenvalue weighted by Gasteiger charge is -2.44. The lowest BCUT2D eigenvalue weighted by atomic mass is 9.84.